The van der Waals surface area contributed by atoms with E-state index in [-0.39, 0.29) is 41.7 Å². The Morgan fingerprint density at radius 3 is 2.32 bits per heavy atom. The number of hydrogen-bond donors (Lipinski definition) is 2. The molecule has 8 heteroatoms. The van der Waals surface area contributed by atoms with Crippen LogP contribution in [0.4, 0.5) is 4.79 Å². The summed E-state index contributed by atoms with van der Waals surface area (Å²) in [5.41, 5.74) is -0.371. The lowest BCUT2D eigenvalue weighted by Crippen LogP contribution is -2.55. The number of hydrogen-bond acceptors (Lipinski definition) is 4. The predicted octanol–water partition coefficient (Wildman–Crippen LogP) is 3.04. The number of alkyl carbamates (subject to hydrolysis) is 1. The summed E-state index contributed by atoms with van der Waals surface area (Å²) >= 11 is 0. The van der Waals surface area contributed by atoms with Crippen LogP contribution >= 0.6 is 24.0 Å². The molecule has 0 saturated carbocycles. The summed E-state index contributed by atoms with van der Waals surface area (Å²) in [5, 5.41) is 6.53. The van der Waals surface area contributed by atoms with Crippen LogP contribution in [0.25, 0.3) is 0 Å². The molecule has 0 bridgehead atoms. The molecule has 1 amide bonds. The van der Waals surface area contributed by atoms with E-state index in [4.69, 9.17) is 4.74 Å². The molecule has 1 unspecified atom stereocenters. The lowest BCUT2D eigenvalue weighted by Gasteiger charge is -2.41. The Balaban J connectivity index is 0.00000392. The van der Waals surface area contributed by atoms with Crippen molar-refractivity contribution in [2.24, 2.45) is 4.99 Å². The SMILES string of the molecule is CN=C(NCC(C)(C)N1CCCCC1)N1CCC(NC(=O)OC(C)(C)C)C1.I. The third-order valence-corrected chi connectivity index (χ3v) is 5.31. The number of likely N-dealkylation sites (tertiary alicyclic amines) is 2. The molecular weight excluding hydrogens is 469 g/mol. The van der Waals surface area contributed by atoms with E-state index in [9.17, 15) is 4.79 Å². The minimum atomic E-state index is -0.472. The lowest BCUT2D eigenvalue weighted by atomic mass is 9.98. The summed E-state index contributed by atoms with van der Waals surface area (Å²) in [6.45, 7) is 15.1. The van der Waals surface area contributed by atoms with Gasteiger partial charge in [0.05, 0.1) is 6.04 Å². The number of aliphatic imine (C=N–C) groups is 1. The second kappa shape index (κ2) is 10.8. The van der Waals surface area contributed by atoms with E-state index >= 15 is 0 Å². The molecule has 2 saturated heterocycles. The number of nitrogens with one attached hydrogen (secondary N) is 2. The van der Waals surface area contributed by atoms with Crippen LogP contribution in [0, 0.1) is 0 Å². The molecule has 28 heavy (non-hydrogen) atoms. The summed E-state index contributed by atoms with van der Waals surface area (Å²) in [4.78, 5) is 21.2. The van der Waals surface area contributed by atoms with Crippen molar-refractivity contribution in [3.63, 3.8) is 0 Å². The maximum atomic E-state index is 12.0. The summed E-state index contributed by atoms with van der Waals surface area (Å²) < 4.78 is 5.36. The van der Waals surface area contributed by atoms with Gasteiger partial charge in [-0.1, -0.05) is 6.42 Å². The van der Waals surface area contributed by atoms with Crippen LogP contribution in [0.3, 0.4) is 0 Å². The average molecular weight is 509 g/mol. The quantitative estimate of drug-likeness (QED) is 0.347. The highest BCUT2D eigenvalue weighted by atomic mass is 127. The molecule has 2 aliphatic rings. The van der Waals surface area contributed by atoms with Gasteiger partial charge in [0, 0.05) is 32.2 Å². The maximum absolute atomic E-state index is 12.0. The van der Waals surface area contributed by atoms with Crippen molar-refractivity contribution in [3.05, 3.63) is 0 Å². The molecule has 1 atom stereocenters. The molecule has 7 nitrogen and oxygen atoms in total. The molecule has 2 aliphatic heterocycles. The van der Waals surface area contributed by atoms with Gasteiger partial charge in [-0.2, -0.15) is 0 Å². The Labute approximate surface area is 188 Å². The van der Waals surface area contributed by atoms with Crippen LogP contribution in [0.1, 0.15) is 60.3 Å². The molecule has 2 N–H and O–H groups in total. The van der Waals surface area contributed by atoms with Gasteiger partial charge in [0.15, 0.2) is 5.96 Å². The van der Waals surface area contributed by atoms with E-state index < -0.39 is 5.60 Å². The number of carbonyl (C=O) groups excluding carboxylic acids is 1. The van der Waals surface area contributed by atoms with Crippen LogP contribution < -0.4 is 10.6 Å². The Kier molecular flexibility index (Phi) is 9.79. The number of carbonyl (C=O) groups is 1. The van der Waals surface area contributed by atoms with Gasteiger partial charge < -0.3 is 20.3 Å². The van der Waals surface area contributed by atoms with E-state index in [1.165, 1.54) is 32.4 Å². The molecular formula is C20H40IN5O2. The zero-order valence-electron chi connectivity index (χ0n) is 18.5. The zero-order chi connectivity index (χ0) is 20.1. The Bertz CT molecular complexity index is 527. The Morgan fingerprint density at radius 1 is 1.11 bits per heavy atom. The van der Waals surface area contributed by atoms with Crippen molar-refractivity contribution in [2.75, 3.05) is 39.8 Å². The zero-order valence-corrected chi connectivity index (χ0v) is 20.8. The first-order chi connectivity index (χ1) is 12.6. The number of rotatable bonds is 4. The van der Waals surface area contributed by atoms with Gasteiger partial charge in [-0.15, -0.1) is 24.0 Å². The van der Waals surface area contributed by atoms with Crippen LogP contribution in [0.2, 0.25) is 0 Å². The molecule has 0 spiro atoms. The fourth-order valence-corrected chi connectivity index (χ4v) is 3.78. The molecule has 2 heterocycles. The molecule has 2 fully saturated rings. The Morgan fingerprint density at radius 2 is 1.75 bits per heavy atom. The molecule has 0 radical (unpaired) electrons. The summed E-state index contributed by atoms with van der Waals surface area (Å²) in [7, 11) is 1.82. The third-order valence-electron chi connectivity index (χ3n) is 5.31. The molecule has 164 valence electrons. The fraction of sp³-hybridized carbons (Fsp3) is 0.900. The third kappa shape index (κ3) is 7.93. The predicted molar refractivity (Wildman–Crippen MR) is 126 cm³/mol. The minimum absolute atomic E-state index is 0. The van der Waals surface area contributed by atoms with Crippen molar-refractivity contribution in [3.8, 4) is 0 Å². The van der Waals surface area contributed by atoms with Crippen molar-refractivity contribution in [2.45, 2.75) is 77.5 Å². The van der Waals surface area contributed by atoms with Gasteiger partial charge in [-0.25, -0.2) is 4.79 Å². The van der Waals surface area contributed by atoms with Crippen molar-refractivity contribution in [1.82, 2.24) is 20.4 Å². The largest absolute Gasteiger partial charge is 0.444 e. The molecule has 0 aliphatic carbocycles. The van der Waals surface area contributed by atoms with E-state index in [0.717, 1.165) is 32.0 Å². The van der Waals surface area contributed by atoms with Crippen molar-refractivity contribution in [1.29, 1.82) is 0 Å². The summed E-state index contributed by atoms with van der Waals surface area (Å²) in [6, 6.07) is 0.0912. The maximum Gasteiger partial charge on any atom is 0.407 e. The van der Waals surface area contributed by atoms with Gasteiger partial charge in [0.2, 0.25) is 0 Å². The number of guanidine groups is 1. The van der Waals surface area contributed by atoms with Crippen molar-refractivity contribution < 1.29 is 9.53 Å². The van der Waals surface area contributed by atoms with Gasteiger partial charge >= 0.3 is 6.09 Å². The first kappa shape index (κ1) is 25.3. The second-order valence-corrected chi connectivity index (χ2v) is 9.34. The molecule has 0 aromatic heterocycles. The number of nitrogens with zero attached hydrogens (tertiary/aromatic N) is 3. The van der Waals surface area contributed by atoms with E-state index in [1.54, 1.807) is 0 Å². The molecule has 0 aromatic carbocycles. The van der Waals surface area contributed by atoms with Gasteiger partial charge in [-0.3, -0.25) is 9.89 Å². The molecule has 2 rings (SSSR count). The molecule has 0 aromatic rings. The van der Waals surface area contributed by atoms with E-state index in [0.29, 0.717) is 0 Å². The number of piperidine rings is 1. The van der Waals surface area contributed by atoms with E-state index in [1.807, 2.05) is 27.8 Å². The van der Waals surface area contributed by atoms with Gasteiger partial charge in [-0.05, 0) is 67.0 Å². The fourth-order valence-electron chi connectivity index (χ4n) is 3.78. The van der Waals surface area contributed by atoms with Gasteiger partial charge in [0.25, 0.3) is 0 Å². The highest BCUT2D eigenvalue weighted by molar-refractivity contribution is 14.0. The number of halogens is 1. The highest BCUT2D eigenvalue weighted by Gasteiger charge is 2.31. The topological polar surface area (TPSA) is 69.2 Å². The lowest BCUT2D eigenvalue weighted by molar-refractivity contribution is 0.0507. The monoisotopic (exact) mass is 509 g/mol. The first-order valence-corrected chi connectivity index (χ1v) is 10.3. The Hall–Kier alpha value is -0.770. The van der Waals surface area contributed by atoms with Crippen LogP contribution in [-0.2, 0) is 4.74 Å². The first-order valence-electron chi connectivity index (χ1n) is 10.3. The van der Waals surface area contributed by atoms with Gasteiger partial charge in [0.1, 0.15) is 5.60 Å². The van der Waals surface area contributed by atoms with Crippen LogP contribution in [0.15, 0.2) is 4.99 Å². The van der Waals surface area contributed by atoms with Crippen LogP contribution in [0.5, 0.6) is 0 Å². The minimum Gasteiger partial charge on any atom is -0.444 e. The van der Waals surface area contributed by atoms with Crippen LogP contribution in [-0.4, -0.2) is 78.8 Å². The standard InChI is InChI=1S/C20H39N5O2.HI/c1-19(2,3)27-18(26)23-16-10-13-24(14-16)17(21-6)22-15-20(4,5)25-11-8-7-9-12-25;/h16H,7-15H2,1-6H3,(H,21,22)(H,23,26);1H. The summed E-state index contributed by atoms with van der Waals surface area (Å²) in [5.74, 6) is 0.911. The number of amides is 1. The average Bonchev–Trinajstić information content (AvgIpc) is 3.02. The summed E-state index contributed by atoms with van der Waals surface area (Å²) in [6.07, 6.45) is 4.49. The highest BCUT2D eigenvalue weighted by Crippen LogP contribution is 2.20. The normalized spacial score (nSPS) is 21.9. The smallest absolute Gasteiger partial charge is 0.407 e. The van der Waals surface area contributed by atoms with Crippen molar-refractivity contribution >= 4 is 36.0 Å². The van der Waals surface area contributed by atoms with E-state index in [2.05, 4.69) is 39.3 Å². The second-order valence-electron chi connectivity index (χ2n) is 9.34. The number of ether oxygens (including phenoxy) is 1.